The van der Waals surface area contributed by atoms with Gasteiger partial charge in [-0.05, 0) is 17.9 Å². The minimum Gasteiger partial charge on any atom is -0.508 e. The van der Waals surface area contributed by atoms with Crippen LogP contribution in [0.4, 0.5) is 0 Å². The average molecular weight is 320 g/mol. The van der Waals surface area contributed by atoms with Gasteiger partial charge < -0.3 is 10.2 Å². The number of hydrogen-bond donors (Lipinski definition) is 2. The monoisotopic (exact) mass is 320 g/mol. The molecule has 0 saturated heterocycles. The maximum atomic E-state index is 12.3. The first kappa shape index (κ1) is 19.5. The molecule has 0 aliphatic carbocycles. The van der Waals surface area contributed by atoms with Crippen molar-refractivity contribution in [1.29, 1.82) is 0 Å². The van der Waals surface area contributed by atoms with E-state index >= 15 is 0 Å². The van der Waals surface area contributed by atoms with E-state index in [1.165, 1.54) is 38.2 Å². The molecule has 2 N–H and O–H groups in total. The number of unbranched alkanes of at least 4 members (excludes halogenated alkanes) is 6. The predicted octanol–water partition coefficient (Wildman–Crippen LogP) is 5.72. The predicted molar refractivity (Wildman–Crippen MR) is 95.4 cm³/mol. The lowest BCUT2D eigenvalue weighted by Gasteiger charge is -2.21. The molecule has 130 valence electrons. The molecular formula is C20H32O3. The number of phenols is 2. The molecule has 3 nitrogen and oxygen atoms in total. The van der Waals surface area contributed by atoms with Crippen molar-refractivity contribution < 1.29 is 15.0 Å². The molecule has 1 rings (SSSR count). The van der Waals surface area contributed by atoms with Crippen molar-refractivity contribution in [1.82, 2.24) is 0 Å². The summed E-state index contributed by atoms with van der Waals surface area (Å²) in [5.41, 5.74) is 0.753. The Morgan fingerprint density at radius 3 is 2.04 bits per heavy atom. The van der Waals surface area contributed by atoms with Crippen LogP contribution >= 0.6 is 0 Å². The topological polar surface area (TPSA) is 57.5 Å². The van der Waals surface area contributed by atoms with E-state index in [2.05, 4.69) is 6.92 Å². The summed E-state index contributed by atoms with van der Waals surface area (Å²) in [6.07, 6.45) is 8.58. The Bertz CT molecular complexity index is 512. The first-order chi connectivity index (χ1) is 10.8. The Morgan fingerprint density at radius 2 is 1.48 bits per heavy atom. The van der Waals surface area contributed by atoms with Crippen molar-refractivity contribution in [2.24, 2.45) is 0 Å². The van der Waals surface area contributed by atoms with Gasteiger partial charge in [-0.3, -0.25) is 4.79 Å². The zero-order valence-corrected chi connectivity index (χ0v) is 15.1. The fourth-order valence-electron chi connectivity index (χ4n) is 2.78. The highest BCUT2D eigenvalue weighted by molar-refractivity contribution is 5.99. The van der Waals surface area contributed by atoms with E-state index in [9.17, 15) is 15.0 Å². The average Bonchev–Trinajstić information content (AvgIpc) is 2.44. The molecule has 0 aliphatic heterocycles. The van der Waals surface area contributed by atoms with Gasteiger partial charge in [-0.2, -0.15) is 0 Å². The van der Waals surface area contributed by atoms with Crippen LogP contribution in [0, 0.1) is 0 Å². The molecule has 0 atom stereocenters. The quantitative estimate of drug-likeness (QED) is 0.452. The zero-order valence-electron chi connectivity index (χ0n) is 15.1. The number of phenolic OH excluding ortho intramolecular Hbond substituents is 2. The van der Waals surface area contributed by atoms with Crippen molar-refractivity contribution in [2.45, 2.75) is 84.5 Å². The first-order valence-electron chi connectivity index (χ1n) is 8.87. The second-order valence-electron chi connectivity index (χ2n) is 7.43. The van der Waals surface area contributed by atoms with Gasteiger partial charge in [0.2, 0.25) is 0 Å². The van der Waals surface area contributed by atoms with Crippen LogP contribution in [-0.2, 0) is 5.41 Å². The van der Waals surface area contributed by atoms with Crippen molar-refractivity contribution in [3.05, 3.63) is 23.3 Å². The summed E-state index contributed by atoms with van der Waals surface area (Å²) in [6.45, 7) is 8.13. The van der Waals surface area contributed by atoms with E-state index in [1.807, 2.05) is 20.8 Å². The number of carbonyl (C=O) groups is 1. The molecule has 23 heavy (non-hydrogen) atoms. The molecule has 0 amide bonds. The zero-order chi connectivity index (χ0) is 17.5. The Morgan fingerprint density at radius 1 is 0.913 bits per heavy atom. The minimum atomic E-state index is -0.272. The Hall–Kier alpha value is -1.51. The minimum absolute atomic E-state index is 0.0402. The molecule has 0 unspecified atom stereocenters. The van der Waals surface area contributed by atoms with E-state index in [1.54, 1.807) is 6.07 Å². The summed E-state index contributed by atoms with van der Waals surface area (Å²) < 4.78 is 0. The molecule has 1 aromatic carbocycles. The highest BCUT2D eigenvalue weighted by Crippen LogP contribution is 2.36. The summed E-state index contributed by atoms with van der Waals surface area (Å²) in [7, 11) is 0. The lowest BCUT2D eigenvalue weighted by Crippen LogP contribution is -2.13. The van der Waals surface area contributed by atoms with Gasteiger partial charge in [-0.15, -0.1) is 0 Å². The van der Waals surface area contributed by atoms with Crippen LogP contribution in [-0.4, -0.2) is 16.0 Å². The number of aromatic hydroxyl groups is 2. The van der Waals surface area contributed by atoms with E-state index in [4.69, 9.17) is 0 Å². The first-order valence-corrected chi connectivity index (χ1v) is 8.87. The highest BCUT2D eigenvalue weighted by atomic mass is 16.3. The maximum absolute atomic E-state index is 12.3. The standard InChI is InChI=1S/C20H32O3/c1-5-6-7-8-9-10-11-12-17(21)15-13-16(20(2,3)4)19(23)14-18(15)22/h13-14,22-23H,5-12H2,1-4H3. The van der Waals surface area contributed by atoms with Gasteiger partial charge in [0.05, 0.1) is 5.56 Å². The molecule has 0 aliphatic rings. The lowest BCUT2D eigenvalue weighted by molar-refractivity contribution is 0.0976. The number of carbonyl (C=O) groups excluding carboxylic acids is 1. The smallest absolute Gasteiger partial charge is 0.166 e. The van der Waals surface area contributed by atoms with Gasteiger partial charge in [-0.25, -0.2) is 0 Å². The molecule has 0 aromatic heterocycles. The second-order valence-corrected chi connectivity index (χ2v) is 7.43. The second kappa shape index (κ2) is 8.95. The Balaban J connectivity index is 2.59. The molecule has 1 aromatic rings. The fraction of sp³-hybridized carbons (Fsp3) is 0.650. The van der Waals surface area contributed by atoms with Gasteiger partial charge in [0.1, 0.15) is 11.5 Å². The molecule has 0 fully saturated rings. The van der Waals surface area contributed by atoms with Crippen LogP contribution in [0.5, 0.6) is 11.5 Å². The molecule has 0 spiro atoms. The van der Waals surface area contributed by atoms with E-state index in [0.717, 1.165) is 12.8 Å². The van der Waals surface area contributed by atoms with Crippen LogP contribution in [0.2, 0.25) is 0 Å². The van der Waals surface area contributed by atoms with Gasteiger partial charge in [0.15, 0.2) is 5.78 Å². The summed E-state index contributed by atoms with van der Waals surface area (Å²) >= 11 is 0. The Kier molecular flexibility index (Phi) is 7.60. The Labute approximate surface area is 140 Å². The van der Waals surface area contributed by atoms with Crippen LogP contribution < -0.4 is 0 Å². The third-order valence-corrected chi connectivity index (χ3v) is 4.23. The summed E-state index contributed by atoms with van der Waals surface area (Å²) in [5.74, 6) is -0.118. The van der Waals surface area contributed by atoms with Crippen LogP contribution in [0.25, 0.3) is 0 Å². The van der Waals surface area contributed by atoms with Gasteiger partial charge in [0.25, 0.3) is 0 Å². The number of benzene rings is 1. The summed E-state index contributed by atoms with van der Waals surface area (Å²) in [4.78, 5) is 12.3. The third kappa shape index (κ3) is 6.25. The summed E-state index contributed by atoms with van der Waals surface area (Å²) in [6, 6.07) is 2.94. The largest absolute Gasteiger partial charge is 0.508 e. The maximum Gasteiger partial charge on any atom is 0.166 e. The van der Waals surface area contributed by atoms with Crippen LogP contribution in [0.15, 0.2) is 12.1 Å². The number of rotatable bonds is 9. The summed E-state index contributed by atoms with van der Waals surface area (Å²) in [5, 5.41) is 19.9. The fourth-order valence-corrected chi connectivity index (χ4v) is 2.78. The van der Waals surface area contributed by atoms with E-state index in [0.29, 0.717) is 17.5 Å². The molecular weight excluding hydrogens is 288 g/mol. The number of ketones is 1. The van der Waals surface area contributed by atoms with Crippen LogP contribution in [0.3, 0.4) is 0 Å². The van der Waals surface area contributed by atoms with Crippen molar-refractivity contribution in [2.75, 3.05) is 0 Å². The third-order valence-electron chi connectivity index (χ3n) is 4.23. The molecule has 0 saturated carbocycles. The van der Waals surface area contributed by atoms with Crippen molar-refractivity contribution >= 4 is 5.78 Å². The molecule has 0 bridgehead atoms. The van der Waals surface area contributed by atoms with Gasteiger partial charge >= 0.3 is 0 Å². The van der Waals surface area contributed by atoms with Gasteiger partial charge in [0, 0.05) is 18.1 Å². The highest BCUT2D eigenvalue weighted by Gasteiger charge is 2.22. The normalized spacial score (nSPS) is 11.7. The molecule has 3 heteroatoms. The van der Waals surface area contributed by atoms with Crippen molar-refractivity contribution in [3.8, 4) is 11.5 Å². The van der Waals surface area contributed by atoms with Crippen LogP contribution in [0.1, 0.15) is 95.0 Å². The van der Waals surface area contributed by atoms with E-state index in [-0.39, 0.29) is 22.7 Å². The number of hydrogen-bond acceptors (Lipinski definition) is 3. The number of Topliss-reactive ketones (excluding diaryl/α,β-unsaturated/α-hetero) is 1. The lowest BCUT2D eigenvalue weighted by atomic mass is 9.84. The molecule has 0 heterocycles. The van der Waals surface area contributed by atoms with E-state index < -0.39 is 0 Å². The SMILES string of the molecule is CCCCCCCCCC(=O)c1cc(C(C)(C)C)c(O)cc1O. The van der Waals surface area contributed by atoms with Gasteiger partial charge in [-0.1, -0.05) is 66.2 Å². The molecule has 0 radical (unpaired) electrons. The van der Waals surface area contributed by atoms with Crippen molar-refractivity contribution in [3.63, 3.8) is 0 Å².